The number of esters is 1. The number of ether oxygens (including phenoxy) is 2. The molecule has 0 spiro atoms. The first-order chi connectivity index (χ1) is 21.4. The Kier molecular flexibility index (Phi) is 8.16. The highest BCUT2D eigenvalue weighted by atomic mass is 35.5. The predicted octanol–water partition coefficient (Wildman–Crippen LogP) is 6.06. The number of fused-ring (bicyclic) bond motifs is 2. The summed E-state index contributed by atoms with van der Waals surface area (Å²) in [6, 6.07) is 27.5. The van der Waals surface area contributed by atoms with Crippen molar-refractivity contribution in [3.05, 3.63) is 143 Å². The summed E-state index contributed by atoms with van der Waals surface area (Å²) in [5, 5.41) is 11.8. The number of hydrogen-bond donors (Lipinski definition) is 0. The number of carbonyl (C=O) groups excluding carboxylic acids is 1. The van der Waals surface area contributed by atoms with E-state index in [9.17, 15) is 14.9 Å². The second-order valence-corrected chi connectivity index (χ2v) is 11.5. The highest BCUT2D eigenvalue weighted by Crippen LogP contribution is 2.35. The van der Waals surface area contributed by atoms with Gasteiger partial charge in [-0.1, -0.05) is 89.7 Å². The maximum atomic E-state index is 14.2. The summed E-state index contributed by atoms with van der Waals surface area (Å²) < 4.78 is 13.6. The first kappa shape index (κ1) is 29.1. The van der Waals surface area contributed by atoms with E-state index in [-0.39, 0.29) is 24.3 Å². The van der Waals surface area contributed by atoms with Gasteiger partial charge in [-0.3, -0.25) is 9.36 Å². The van der Waals surface area contributed by atoms with Crippen molar-refractivity contribution in [2.75, 3.05) is 6.61 Å². The molecule has 0 saturated heterocycles. The highest BCUT2D eigenvalue weighted by Gasteiger charge is 2.34. The van der Waals surface area contributed by atoms with Crippen molar-refractivity contribution in [2.45, 2.75) is 26.5 Å². The standard InChI is InChI=1S/C35H26ClN3O4S/c1-3-42-34(41)31-21(2)38-35-39(32(31)26-14-8-9-15-28(26)36)33(40)30(44-35)18-27-25-13-7-6-10-22(25)16-17-29(27)43-20-24-12-5-4-11-23(24)19-37/h4-18,32H,3,20H2,1-2H3/b30-18-/t32-/m1/s1. The fourth-order valence-corrected chi connectivity index (χ4v) is 6.64. The lowest BCUT2D eigenvalue weighted by atomic mass is 9.96. The van der Waals surface area contributed by atoms with Gasteiger partial charge in [0.25, 0.3) is 5.56 Å². The summed E-state index contributed by atoms with van der Waals surface area (Å²) in [7, 11) is 0. The Bertz CT molecular complexity index is 2190. The van der Waals surface area contributed by atoms with E-state index in [1.165, 1.54) is 15.9 Å². The molecular weight excluding hydrogens is 594 g/mol. The highest BCUT2D eigenvalue weighted by molar-refractivity contribution is 7.07. The Morgan fingerprint density at radius 1 is 1.07 bits per heavy atom. The van der Waals surface area contributed by atoms with E-state index in [1.54, 1.807) is 38.1 Å². The molecule has 44 heavy (non-hydrogen) atoms. The molecule has 0 N–H and O–H groups in total. The van der Waals surface area contributed by atoms with Crippen LogP contribution in [0.3, 0.4) is 0 Å². The van der Waals surface area contributed by atoms with Crippen LogP contribution in [0.15, 0.2) is 106 Å². The SMILES string of the molecule is CCOC(=O)C1=C(C)N=c2s/c(=C\c3c(OCc4ccccc4C#N)ccc4ccccc34)c(=O)n2[C@@H]1c1ccccc1Cl. The molecule has 6 rings (SSSR count). The molecule has 0 fully saturated rings. The Labute approximate surface area is 262 Å². The Hall–Kier alpha value is -4.97. The largest absolute Gasteiger partial charge is 0.488 e. The van der Waals surface area contributed by atoms with Crippen LogP contribution in [0.1, 0.15) is 42.1 Å². The summed E-state index contributed by atoms with van der Waals surface area (Å²) >= 11 is 7.87. The monoisotopic (exact) mass is 619 g/mol. The van der Waals surface area contributed by atoms with Crippen molar-refractivity contribution in [1.82, 2.24) is 4.57 Å². The van der Waals surface area contributed by atoms with Crippen molar-refractivity contribution in [1.29, 1.82) is 5.26 Å². The fourth-order valence-electron chi connectivity index (χ4n) is 5.37. The number of allylic oxidation sites excluding steroid dienone is 1. The zero-order chi connectivity index (χ0) is 30.8. The minimum atomic E-state index is -0.813. The Morgan fingerprint density at radius 3 is 2.61 bits per heavy atom. The molecule has 7 nitrogen and oxygen atoms in total. The van der Waals surface area contributed by atoms with Gasteiger partial charge in [-0.15, -0.1) is 0 Å². The van der Waals surface area contributed by atoms with Crippen molar-refractivity contribution < 1.29 is 14.3 Å². The van der Waals surface area contributed by atoms with E-state index in [0.717, 1.165) is 21.9 Å². The van der Waals surface area contributed by atoms with Crippen molar-refractivity contribution in [3.8, 4) is 11.8 Å². The third-order valence-electron chi connectivity index (χ3n) is 7.44. The van der Waals surface area contributed by atoms with E-state index in [4.69, 9.17) is 21.1 Å². The maximum absolute atomic E-state index is 14.2. The van der Waals surface area contributed by atoms with Crippen molar-refractivity contribution in [2.24, 2.45) is 4.99 Å². The normalized spacial score (nSPS) is 14.6. The summed E-state index contributed by atoms with van der Waals surface area (Å²) in [5.41, 5.74) is 3.03. The van der Waals surface area contributed by atoms with E-state index in [1.807, 2.05) is 66.7 Å². The number of halogens is 1. The molecule has 5 aromatic rings. The Morgan fingerprint density at radius 2 is 1.82 bits per heavy atom. The smallest absolute Gasteiger partial charge is 0.338 e. The van der Waals surface area contributed by atoms with Gasteiger partial charge in [0.1, 0.15) is 18.4 Å². The molecule has 218 valence electrons. The van der Waals surface area contributed by atoms with Gasteiger partial charge < -0.3 is 9.47 Å². The van der Waals surface area contributed by atoms with Gasteiger partial charge in [-0.05, 0) is 54.5 Å². The number of hydrogen-bond acceptors (Lipinski definition) is 7. The lowest BCUT2D eigenvalue weighted by molar-refractivity contribution is -0.139. The molecule has 2 heterocycles. The van der Waals surface area contributed by atoms with Crippen LogP contribution >= 0.6 is 22.9 Å². The molecule has 0 radical (unpaired) electrons. The molecule has 1 aliphatic heterocycles. The maximum Gasteiger partial charge on any atom is 0.338 e. The van der Waals surface area contributed by atoms with Crippen LogP contribution in [-0.2, 0) is 16.1 Å². The van der Waals surface area contributed by atoms with Gasteiger partial charge in [0.2, 0.25) is 0 Å². The summed E-state index contributed by atoms with van der Waals surface area (Å²) in [6.45, 7) is 3.83. The molecule has 1 atom stereocenters. The minimum absolute atomic E-state index is 0.179. The van der Waals surface area contributed by atoms with E-state index in [2.05, 4.69) is 11.1 Å². The minimum Gasteiger partial charge on any atom is -0.488 e. The number of carbonyl (C=O) groups is 1. The fraction of sp³-hybridized carbons (Fsp3) is 0.143. The number of rotatable bonds is 7. The first-order valence-corrected chi connectivity index (χ1v) is 15.2. The summed E-state index contributed by atoms with van der Waals surface area (Å²) in [5.74, 6) is 0.0173. The van der Waals surface area contributed by atoms with Gasteiger partial charge in [-0.25, -0.2) is 9.79 Å². The van der Waals surface area contributed by atoms with Crippen molar-refractivity contribution in [3.63, 3.8) is 0 Å². The van der Waals surface area contributed by atoms with Gasteiger partial charge >= 0.3 is 5.97 Å². The first-order valence-electron chi connectivity index (χ1n) is 14.0. The lowest BCUT2D eigenvalue weighted by Crippen LogP contribution is -2.40. The number of nitriles is 1. The average molecular weight is 620 g/mol. The molecular formula is C35H26ClN3O4S. The van der Waals surface area contributed by atoms with Crippen LogP contribution in [0.2, 0.25) is 5.02 Å². The molecule has 0 bridgehead atoms. The van der Waals surface area contributed by atoms with Crippen LogP contribution < -0.4 is 19.6 Å². The quantitative estimate of drug-likeness (QED) is 0.207. The van der Waals surface area contributed by atoms with Crippen LogP contribution in [0, 0.1) is 11.3 Å². The van der Waals surface area contributed by atoms with Crippen LogP contribution in [-0.4, -0.2) is 17.1 Å². The van der Waals surface area contributed by atoms with Gasteiger partial charge in [0.15, 0.2) is 4.80 Å². The van der Waals surface area contributed by atoms with E-state index < -0.39 is 12.0 Å². The number of aromatic nitrogens is 1. The Balaban J connectivity index is 1.54. The number of benzene rings is 4. The van der Waals surface area contributed by atoms with Crippen LogP contribution in [0.4, 0.5) is 0 Å². The lowest BCUT2D eigenvalue weighted by Gasteiger charge is -2.25. The summed E-state index contributed by atoms with van der Waals surface area (Å²) in [6.07, 6.45) is 1.81. The van der Waals surface area contributed by atoms with Gasteiger partial charge in [0.05, 0.1) is 34.0 Å². The second-order valence-electron chi connectivity index (χ2n) is 10.1. The van der Waals surface area contributed by atoms with E-state index >= 15 is 0 Å². The second kappa shape index (κ2) is 12.3. The van der Waals surface area contributed by atoms with Gasteiger partial charge in [0, 0.05) is 16.1 Å². The zero-order valence-electron chi connectivity index (χ0n) is 23.9. The van der Waals surface area contributed by atoms with Gasteiger partial charge in [-0.2, -0.15) is 5.26 Å². The van der Waals surface area contributed by atoms with Crippen LogP contribution in [0.25, 0.3) is 16.8 Å². The number of nitrogens with zero attached hydrogens (tertiary/aromatic N) is 3. The zero-order valence-corrected chi connectivity index (χ0v) is 25.5. The van der Waals surface area contributed by atoms with Crippen LogP contribution in [0.5, 0.6) is 5.75 Å². The molecule has 0 amide bonds. The topological polar surface area (TPSA) is 93.7 Å². The average Bonchev–Trinajstić information content (AvgIpc) is 3.34. The molecule has 1 aliphatic rings. The van der Waals surface area contributed by atoms with E-state index in [0.29, 0.717) is 36.9 Å². The molecule has 0 aliphatic carbocycles. The summed E-state index contributed by atoms with van der Waals surface area (Å²) in [4.78, 5) is 32.6. The predicted molar refractivity (Wildman–Crippen MR) is 171 cm³/mol. The molecule has 9 heteroatoms. The third kappa shape index (κ3) is 5.32. The molecule has 1 aromatic heterocycles. The molecule has 0 unspecified atom stereocenters. The molecule has 0 saturated carbocycles. The third-order valence-corrected chi connectivity index (χ3v) is 8.77. The van der Waals surface area contributed by atoms with Crippen molar-refractivity contribution >= 4 is 45.8 Å². The molecule has 4 aromatic carbocycles. The number of thiazole rings is 1.